The monoisotopic (exact) mass is 281 g/mol. The third-order valence-electron chi connectivity index (χ3n) is 2.94. The molecule has 0 amide bonds. The van der Waals surface area contributed by atoms with Gasteiger partial charge in [-0.15, -0.1) is 0 Å². The van der Waals surface area contributed by atoms with Crippen LogP contribution in [0.3, 0.4) is 0 Å². The summed E-state index contributed by atoms with van der Waals surface area (Å²) in [7, 11) is 0. The van der Waals surface area contributed by atoms with Crippen LogP contribution in [-0.4, -0.2) is 28.6 Å². The summed E-state index contributed by atoms with van der Waals surface area (Å²) in [6.07, 6.45) is -2.45. The quantitative estimate of drug-likeness (QED) is 0.922. The highest BCUT2D eigenvalue weighted by Gasteiger charge is 2.36. The highest BCUT2D eigenvalue weighted by molar-refractivity contribution is 7.09. The minimum Gasteiger partial charge on any atom is -0.378 e. The molecule has 2 heterocycles. The Labute approximate surface area is 107 Å². The molecular weight excluding hydrogens is 267 g/mol. The lowest BCUT2D eigenvalue weighted by molar-refractivity contribution is -0.144. The summed E-state index contributed by atoms with van der Waals surface area (Å²) in [5.74, 6) is -0.752. The van der Waals surface area contributed by atoms with E-state index >= 15 is 0 Å². The van der Waals surface area contributed by atoms with E-state index in [0.29, 0.717) is 12.5 Å². The molecule has 1 aromatic rings. The van der Waals surface area contributed by atoms with Crippen LogP contribution in [-0.2, 0) is 10.9 Å². The van der Waals surface area contributed by atoms with Gasteiger partial charge in [0, 0.05) is 30.6 Å². The van der Waals surface area contributed by atoms with Crippen LogP contribution >= 0.6 is 11.5 Å². The summed E-state index contributed by atoms with van der Waals surface area (Å²) in [6.45, 7) is 3.33. The molecule has 1 saturated heterocycles. The maximum atomic E-state index is 12.3. The van der Waals surface area contributed by atoms with Crippen molar-refractivity contribution in [2.75, 3.05) is 18.5 Å². The average Bonchev–Trinajstić information content (AvgIpc) is 2.94. The van der Waals surface area contributed by atoms with E-state index < -0.39 is 12.0 Å². The summed E-state index contributed by atoms with van der Waals surface area (Å²) in [5, 5.41) is 3.12. The lowest BCUT2D eigenvalue weighted by atomic mass is 10.00. The van der Waals surface area contributed by atoms with Gasteiger partial charge in [-0.25, -0.2) is 0 Å². The Bertz CT molecular complexity index is 396. The van der Waals surface area contributed by atoms with E-state index in [-0.39, 0.29) is 11.2 Å². The van der Waals surface area contributed by atoms with Crippen molar-refractivity contribution in [3.63, 3.8) is 0 Å². The van der Waals surface area contributed by atoms with Crippen molar-refractivity contribution in [3.8, 4) is 0 Å². The van der Waals surface area contributed by atoms with E-state index in [2.05, 4.69) is 14.7 Å². The van der Waals surface area contributed by atoms with Crippen LogP contribution in [0.5, 0.6) is 0 Å². The molecule has 0 bridgehead atoms. The minimum absolute atomic E-state index is 0.188. The lowest BCUT2D eigenvalue weighted by Crippen LogP contribution is -2.22. The molecule has 2 rings (SSSR count). The Balaban J connectivity index is 1.89. The maximum absolute atomic E-state index is 12.3. The molecule has 0 radical (unpaired) electrons. The summed E-state index contributed by atoms with van der Waals surface area (Å²) in [6, 6.07) is 0. The van der Waals surface area contributed by atoms with Gasteiger partial charge in [-0.2, -0.15) is 22.5 Å². The van der Waals surface area contributed by atoms with Crippen LogP contribution in [0.1, 0.15) is 25.6 Å². The molecule has 1 aromatic heterocycles. The van der Waals surface area contributed by atoms with Crippen LogP contribution in [0.2, 0.25) is 0 Å². The molecule has 0 aromatic carbocycles. The number of alkyl halides is 3. The van der Waals surface area contributed by atoms with E-state index in [1.54, 1.807) is 0 Å². The molecule has 1 aliphatic rings. The summed E-state index contributed by atoms with van der Waals surface area (Å²) < 4.78 is 45.7. The molecular formula is C10H14F3N3OS. The number of hydrogen-bond donors (Lipinski definition) is 1. The Morgan fingerprint density at radius 1 is 1.50 bits per heavy atom. The second-order valence-corrected chi connectivity index (χ2v) is 4.92. The molecule has 18 heavy (non-hydrogen) atoms. The molecule has 2 atom stereocenters. The fourth-order valence-electron chi connectivity index (χ4n) is 2.01. The van der Waals surface area contributed by atoms with Crippen LogP contribution in [0, 0.1) is 5.92 Å². The molecule has 8 heteroatoms. The number of ether oxygens (including phenoxy) is 1. The zero-order valence-electron chi connectivity index (χ0n) is 9.83. The third-order valence-corrected chi connectivity index (χ3v) is 3.62. The van der Waals surface area contributed by atoms with Crippen molar-refractivity contribution in [3.05, 3.63) is 5.82 Å². The van der Waals surface area contributed by atoms with E-state index in [9.17, 15) is 13.2 Å². The first-order chi connectivity index (χ1) is 8.50. The number of anilines is 1. The van der Waals surface area contributed by atoms with Crippen molar-refractivity contribution < 1.29 is 17.9 Å². The second-order valence-electron chi connectivity index (χ2n) is 4.17. The Morgan fingerprint density at radius 2 is 2.28 bits per heavy atom. The predicted molar refractivity (Wildman–Crippen MR) is 61.5 cm³/mol. The highest BCUT2D eigenvalue weighted by Crippen LogP contribution is 2.29. The zero-order chi connectivity index (χ0) is 13.2. The number of hydrogen-bond acceptors (Lipinski definition) is 5. The molecule has 0 spiro atoms. The van der Waals surface area contributed by atoms with Gasteiger partial charge in [0.25, 0.3) is 0 Å². The smallest absolute Gasteiger partial charge is 0.378 e. The van der Waals surface area contributed by atoms with Crippen molar-refractivity contribution >= 4 is 16.7 Å². The van der Waals surface area contributed by atoms with E-state index in [4.69, 9.17) is 4.74 Å². The van der Waals surface area contributed by atoms with E-state index in [1.807, 2.05) is 6.92 Å². The summed E-state index contributed by atoms with van der Waals surface area (Å²) in [4.78, 5) is 3.42. The van der Waals surface area contributed by atoms with Gasteiger partial charge in [0.15, 0.2) is 0 Å². The fourth-order valence-corrected chi connectivity index (χ4v) is 2.60. The molecule has 0 aliphatic carbocycles. The van der Waals surface area contributed by atoms with Gasteiger partial charge < -0.3 is 10.1 Å². The highest BCUT2D eigenvalue weighted by atomic mass is 32.1. The van der Waals surface area contributed by atoms with Crippen LogP contribution in [0.4, 0.5) is 18.3 Å². The number of aromatic nitrogens is 2. The predicted octanol–water partition coefficient (Wildman–Crippen LogP) is 2.78. The minimum atomic E-state index is -4.47. The van der Waals surface area contributed by atoms with Crippen molar-refractivity contribution in [1.82, 2.24) is 9.36 Å². The van der Waals surface area contributed by atoms with Gasteiger partial charge >= 0.3 is 6.18 Å². The van der Waals surface area contributed by atoms with Gasteiger partial charge in [0.05, 0.1) is 6.10 Å². The van der Waals surface area contributed by atoms with Gasteiger partial charge in [0.2, 0.25) is 11.0 Å². The van der Waals surface area contributed by atoms with Crippen molar-refractivity contribution in [1.29, 1.82) is 0 Å². The normalized spacial score (nSPS) is 24.4. The number of nitrogens with one attached hydrogen (secondary N) is 1. The van der Waals surface area contributed by atoms with Gasteiger partial charge in [-0.3, -0.25) is 0 Å². The topological polar surface area (TPSA) is 47.0 Å². The largest absolute Gasteiger partial charge is 0.452 e. The van der Waals surface area contributed by atoms with Crippen LogP contribution in [0.25, 0.3) is 0 Å². The molecule has 1 aliphatic heterocycles. The number of halogens is 3. The average molecular weight is 281 g/mol. The van der Waals surface area contributed by atoms with E-state index in [0.717, 1.165) is 31.0 Å². The van der Waals surface area contributed by atoms with E-state index in [1.165, 1.54) is 0 Å². The first kappa shape index (κ1) is 13.5. The zero-order valence-corrected chi connectivity index (χ0v) is 10.6. The molecule has 102 valence electrons. The van der Waals surface area contributed by atoms with Gasteiger partial charge in [0.1, 0.15) is 0 Å². The standard InChI is InChI=1S/C10H14F3N3OS/c1-2-7-6(3-4-17-7)5-14-9-15-8(16-18-9)10(11,12)13/h6-7H,2-5H2,1H3,(H,14,15,16). The lowest BCUT2D eigenvalue weighted by Gasteiger charge is -2.16. The summed E-state index contributed by atoms with van der Waals surface area (Å²) >= 11 is 0.736. The second kappa shape index (κ2) is 5.40. The molecule has 1 fully saturated rings. The SMILES string of the molecule is CCC1OCCC1CNc1nc(C(F)(F)F)ns1. The Morgan fingerprint density at radius 3 is 2.89 bits per heavy atom. The van der Waals surface area contributed by atoms with Gasteiger partial charge in [-0.1, -0.05) is 6.92 Å². The fraction of sp³-hybridized carbons (Fsp3) is 0.800. The Kier molecular flexibility index (Phi) is 4.06. The number of nitrogens with zero attached hydrogens (tertiary/aromatic N) is 2. The molecule has 1 N–H and O–H groups in total. The molecule has 2 unspecified atom stereocenters. The van der Waals surface area contributed by atoms with Gasteiger partial charge in [-0.05, 0) is 12.8 Å². The first-order valence-corrected chi connectivity index (χ1v) is 6.54. The van der Waals surface area contributed by atoms with Crippen molar-refractivity contribution in [2.24, 2.45) is 5.92 Å². The van der Waals surface area contributed by atoms with Crippen LogP contribution in [0.15, 0.2) is 0 Å². The van der Waals surface area contributed by atoms with Crippen molar-refractivity contribution in [2.45, 2.75) is 32.0 Å². The summed E-state index contributed by atoms with van der Waals surface area (Å²) in [5.41, 5.74) is 0. The molecule has 0 saturated carbocycles. The van der Waals surface area contributed by atoms with Crippen LogP contribution < -0.4 is 5.32 Å². The third kappa shape index (κ3) is 3.11. The number of rotatable bonds is 4. The molecule has 4 nitrogen and oxygen atoms in total. The Hall–Kier alpha value is -0.890. The maximum Gasteiger partial charge on any atom is 0.452 e. The first-order valence-electron chi connectivity index (χ1n) is 5.77.